The van der Waals surface area contributed by atoms with Gasteiger partial charge >= 0.3 is 0 Å². The zero-order chi connectivity index (χ0) is 95.2. The fraction of sp³-hybridized carbons (Fsp3) is 0.0286. The largest absolute Gasteiger partial charge is 0.484 e. The molecule has 0 radical (unpaired) electrons. The van der Waals surface area contributed by atoms with E-state index in [0.717, 1.165) is 34.1 Å². The summed E-state index contributed by atoms with van der Waals surface area (Å²) in [4.78, 5) is 1.41. The Morgan fingerprint density at radius 3 is 1.11 bits per heavy atom. The van der Waals surface area contributed by atoms with Crippen LogP contribution in [0.25, 0.3) is 285 Å². The van der Waals surface area contributed by atoms with Crippen LogP contribution in [0.4, 0.5) is 0 Å². The van der Waals surface area contributed by atoms with E-state index in [1.807, 2.05) is 45.3 Å². The minimum absolute atomic E-state index is 0.105. The summed E-state index contributed by atoms with van der Waals surface area (Å²) in [6.45, 7) is 0. The molecule has 1 aliphatic heterocycles. The summed E-state index contributed by atoms with van der Waals surface area (Å²) in [6.07, 6.45) is 10.5. The van der Waals surface area contributed by atoms with Gasteiger partial charge in [-0.2, -0.15) is 0 Å². The van der Waals surface area contributed by atoms with E-state index in [2.05, 4.69) is 467 Å². The Kier molecular flexibility index (Phi) is 18.1. The van der Waals surface area contributed by atoms with E-state index in [9.17, 15) is 0 Å². The lowest BCUT2D eigenvalue weighted by Crippen LogP contribution is -2.22. The van der Waals surface area contributed by atoms with Gasteiger partial charge in [0.2, 0.25) is 0 Å². The molecule has 6 heterocycles. The van der Waals surface area contributed by atoms with E-state index in [0.29, 0.717) is 0 Å². The smallest absolute Gasteiger partial charge is 0.135 e. The van der Waals surface area contributed by atoms with Gasteiger partial charge in [0.15, 0.2) is 0 Å². The molecule has 3 atom stereocenters. The first-order chi connectivity index (χ1) is 72.5. The van der Waals surface area contributed by atoms with Crippen LogP contribution in [0.5, 0.6) is 5.75 Å². The molecule has 0 saturated carbocycles. The number of hydrogen-bond acceptors (Lipinski definition) is 6. The Morgan fingerprint density at radius 1 is 0.240 bits per heavy atom. The first-order valence-electron chi connectivity index (χ1n) is 50.6. The molecule has 29 aromatic rings. The van der Waals surface area contributed by atoms with Gasteiger partial charge in [0.25, 0.3) is 0 Å². The number of ether oxygens (including phenoxy) is 1. The van der Waals surface area contributed by atoms with Crippen LogP contribution in [0.15, 0.2) is 465 Å². The van der Waals surface area contributed by atoms with E-state index in [1.54, 1.807) is 0 Å². The SMILES string of the molecule is C1=Cc2c(sc3cccc(-c4c5ccccc5c(-c5ccc6c(c5)C5C=C(c7ccccc7)C=C(c7cccc8sc9c(-c%10c%11ccccc%11c(-c%11cccc%12c%11sc%11cccc(-c%13c%14ccccc%14c(-c%14cccc%15c%14sc%14ccccc%14%15)c%14ccccc%13%14)c%11%12)c%11ccccc%10%11)cccc9c78)C5O6)c5ccccc45)c23)C(c2c3ccccc3c(-c3ccc4oc5ccc(-c6ccccc6)cc5c4c3)c3ccccc23)C1. The summed E-state index contributed by atoms with van der Waals surface area (Å²) in [7, 11) is 0. The molecular weight excluding hydrogens is 1840 g/mol. The highest BCUT2D eigenvalue weighted by atomic mass is 32.1. The van der Waals surface area contributed by atoms with Gasteiger partial charge in [-0.05, 0) is 259 Å². The van der Waals surface area contributed by atoms with Crippen LogP contribution in [0, 0.1) is 0 Å². The molecule has 2 nitrogen and oxygen atoms in total. The molecule has 24 aromatic carbocycles. The average molecular weight is 1920 g/mol. The van der Waals surface area contributed by atoms with Crippen molar-refractivity contribution in [2.45, 2.75) is 24.4 Å². The Labute approximate surface area is 856 Å². The fourth-order valence-electron chi connectivity index (χ4n) is 26.1. The molecule has 2 aliphatic carbocycles. The third-order valence-electron chi connectivity index (χ3n) is 32.2. The Bertz CT molecular complexity index is 10700. The van der Waals surface area contributed by atoms with Gasteiger partial charge in [0.1, 0.15) is 23.0 Å². The molecule has 3 unspecified atom stereocenters. The van der Waals surface area contributed by atoms with E-state index in [4.69, 9.17) is 9.15 Å². The second kappa shape index (κ2) is 32.2. The van der Waals surface area contributed by atoms with Crippen molar-refractivity contribution >= 4 is 241 Å². The van der Waals surface area contributed by atoms with Crippen molar-refractivity contribution in [2.24, 2.45) is 0 Å². The molecule has 3 aliphatic rings. The van der Waals surface area contributed by atoms with Crippen LogP contribution >= 0.6 is 45.3 Å². The Hall–Kier alpha value is -17.2. The normalized spacial score (nSPS) is 14.7. The van der Waals surface area contributed by atoms with Crippen molar-refractivity contribution in [1.82, 2.24) is 0 Å². The van der Waals surface area contributed by atoms with Gasteiger partial charge in [-0.1, -0.05) is 400 Å². The lowest BCUT2D eigenvalue weighted by Gasteiger charge is -2.26. The van der Waals surface area contributed by atoms with Crippen molar-refractivity contribution in [3.05, 3.63) is 494 Å². The van der Waals surface area contributed by atoms with Crippen LogP contribution in [-0.2, 0) is 0 Å². The highest BCUT2D eigenvalue weighted by Gasteiger charge is 2.41. The predicted molar refractivity (Wildman–Crippen MR) is 629 cm³/mol. The molecule has 0 amide bonds. The topological polar surface area (TPSA) is 22.4 Å². The predicted octanol–water partition coefficient (Wildman–Crippen LogP) is 41.0. The second-order valence-corrected chi connectivity index (χ2v) is 43.9. The van der Waals surface area contributed by atoms with Crippen LogP contribution in [-0.4, -0.2) is 6.10 Å². The Morgan fingerprint density at radius 2 is 0.596 bits per heavy atom. The molecule has 32 rings (SSSR count). The number of fused-ring (bicyclic) bond motifs is 26. The molecule has 0 saturated heterocycles. The number of furan rings is 1. The molecule has 0 fully saturated rings. The number of hydrogen-bond donors (Lipinski definition) is 0. The van der Waals surface area contributed by atoms with Gasteiger partial charge in [0.05, 0.1) is 0 Å². The number of rotatable bonds is 11. The molecular formula is C140H82O2S4. The van der Waals surface area contributed by atoms with Crippen molar-refractivity contribution in [3.63, 3.8) is 0 Å². The average Bonchev–Trinajstić information content (AvgIpc) is 1.47. The van der Waals surface area contributed by atoms with Crippen molar-refractivity contribution in [2.75, 3.05) is 0 Å². The zero-order valence-electron chi connectivity index (χ0n) is 78.8. The summed E-state index contributed by atoms with van der Waals surface area (Å²) < 4.78 is 23.2. The number of allylic oxidation sites excluding steroid dienone is 3. The van der Waals surface area contributed by atoms with E-state index < -0.39 is 0 Å². The summed E-state index contributed by atoms with van der Waals surface area (Å²) in [6, 6.07) is 167. The maximum absolute atomic E-state index is 7.62. The van der Waals surface area contributed by atoms with Crippen molar-refractivity contribution in [3.8, 4) is 94.8 Å². The number of thiophene rings is 4. The van der Waals surface area contributed by atoms with Crippen LogP contribution in [0.1, 0.15) is 51.0 Å². The van der Waals surface area contributed by atoms with Crippen molar-refractivity contribution in [1.29, 1.82) is 0 Å². The second-order valence-electron chi connectivity index (χ2n) is 39.7. The molecule has 146 heavy (non-hydrogen) atoms. The lowest BCUT2D eigenvalue weighted by atomic mass is 9.78. The zero-order valence-corrected chi connectivity index (χ0v) is 82.1. The third kappa shape index (κ3) is 12.1. The van der Waals surface area contributed by atoms with Crippen LogP contribution in [0.3, 0.4) is 0 Å². The van der Waals surface area contributed by atoms with E-state index in [1.165, 1.54) is 290 Å². The molecule has 0 bridgehead atoms. The quantitative estimate of drug-likeness (QED) is 0.120. The highest BCUT2D eigenvalue weighted by Crippen LogP contribution is 2.61. The molecule has 6 heteroatoms. The summed E-state index contributed by atoms with van der Waals surface area (Å²) in [5.41, 5.74) is 30.2. The molecule has 5 aromatic heterocycles. The van der Waals surface area contributed by atoms with Crippen LogP contribution in [0.2, 0.25) is 0 Å². The Balaban J connectivity index is 0.499. The standard InChI is InChI=1S/C140H82O2S4/c1-3-32-79(33-4-1)81-68-71-118-113(74-81)114-75-82(69-72-119(114)141-118)125-88-39-9-13-43-92(88)129(93-44-14-10-40-89(93)125)107-59-27-62-111-134-104(55-30-66-123(134)145-139(107)111)127-90-41-11-7-37-86(90)126(87-38-8-12-42-91(87)127)83-70-73-120-115(76-83)117-78-84(80-34-5-2-6-35-80)77-116(136(117)142-120)102-53-29-65-122-133(102)110-61-26-58-108(138(110)144-122)131-98-49-19-21-51-100(98)132(101-52-22-20-50-99(101)131)109-60-28-63-112-135-105(56-31-67-124(135)146-140(109)112)128-94-45-15-17-47-96(94)130(97-48-18-16-46-95(97)128)106-57-25-54-103-85-36-23-24-64-121(85)143-137(103)106/h1-58,60-78,107,117,136H,59H2. The van der Waals surface area contributed by atoms with Gasteiger partial charge in [-0.25, -0.2) is 0 Å². The summed E-state index contributed by atoms with van der Waals surface area (Å²) in [5.74, 6) is 0.917. The third-order valence-corrected chi connectivity index (χ3v) is 37.1. The van der Waals surface area contributed by atoms with Crippen molar-refractivity contribution < 1.29 is 9.15 Å². The van der Waals surface area contributed by atoms with E-state index >= 15 is 0 Å². The number of benzene rings is 24. The van der Waals surface area contributed by atoms with Gasteiger partial charge in [0, 0.05) is 126 Å². The fourth-order valence-corrected chi connectivity index (χ4v) is 31.2. The summed E-state index contributed by atoms with van der Waals surface area (Å²) in [5, 5.41) is 31.2. The maximum atomic E-state index is 7.62. The van der Waals surface area contributed by atoms with E-state index in [-0.39, 0.29) is 17.9 Å². The lowest BCUT2D eigenvalue weighted by molar-refractivity contribution is 0.279. The van der Waals surface area contributed by atoms with Gasteiger partial charge < -0.3 is 9.15 Å². The molecule has 0 spiro atoms. The molecule has 0 N–H and O–H groups in total. The first kappa shape index (κ1) is 82.4. The maximum Gasteiger partial charge on any atom is 0.135 e. The first-order valence-corrected chi connectivity index (χ1v) is 53.8. The minimum atomic E-state index is -0.307. The minimum Gasteiger partial charge on any atom is -0.484 e. The van der Waals surface area contributed by atoms with Gasteiger partial charge in [-0.3, -0.25) is 0 Å². The highest BCUT2D eigenvalue weighted by molar-refractivity contribution is 7.27. The van der Waals surface area contributed by atoms with Crippen LogP contribution < -0.4 is 4.74 Å². The van der Waals surface area contributed by atoms with Gasteiger partial charge in [-0.15, -0.1) is 45.3 Å². The summed E-state index contributed by atoms with van der Waals surface area (Å²) >= 11 is 7.73. The molecule has 678 valence electrons. The monoisotopic (exact) mass is 1920 g/mol.